The Hall–Kier alpha value is -1.42. The molecule has 0 radical (unpaired) electrons. The Labute approximate surface area is 205 Å². The Morgan fingerprint density at radius 1 is 1.15 bits per heavy atom. The zero-order chi connectivity index (χ0) is 24.8. The van der Waals surface area contributed by atoms with E-state index in [0.29, 0.717) is 18.1 Å². The van der Waals surface area contributed by atoms with Crippen LogP contribution in [0.25, 0.3) is 0 Å². The van der Waals surface area contributed by atoms with Gasteiger partial charge in [0.25, 0.3) is 0 Å². The van der Waals surface area contributed by atoms with Crippen LogP contribution in [0.5, 0.6) is 0 Å². The van der Waals surface area contributed by atoms with Crippen molar-refractivity contribution in [3.05, 3.63) is 23.3 Å². The maximum Gasteiger partial charge on any atom is 0.309 e. The number of hydrogen-bond acceptors (Lipinski definition) is 4. The van der Waals surface area contributed by atoms with Crippen molar-refractivity contribution in [2.24, 2.45) is 45.3 Å². The molecule has 34 heavy (non-hydrogen) atoms. The largest absolute Gasteiger partial charge is 0.462 e. The molecule has 4 aliphatic carbocycles. The molecular formula is C30H44O4. The van der Waals surface area contributed by atoms with Gasteiger partial charge in [0.15, 0.2) is 0 Å². The van der Waals surface area contributed by atoms with Gasteiger partial charge >= 0.3 is 5.97 Å². The maximum atomic E-state index is 12.9. The molecule has 0 aromatic heterocycles. The first-order chi connectivity index (χ1) is 15.8. The Morgan fingerprint density at radius 3 is 2.53 bits per heavy atom. The number of hydrogen-bond donors (Lipinski definition) is 1. The van der Waals surface area contributed by atoms with Crippen LogP contribution in [-0.4, -0.2) is 29.1 Å². The number of aliphatic hydroxyl groups excluding tert-OH is 1. The standard InChI is InChI=1S/C30H44O4/c1-17(2)9-8-10-18-24-22(34-26(18)33)16-30(7)20-15-21(31)25-27(3,4)23(32)12-13-28(25,5)19(20)11-14-29(24,30)6/h9,15,18-19,21-22,24-25,31H,8,10-14,16H2,1-7H3/t18-,19+,21+,22+,24-,25+,28-,29+,30-/m1/s1. The molecule has 1 N–H and O–H groups in total. The van der Waals surface area contributed by atoms with Crippen molar-refractivity contribution in [1.82, 2.24) is 0 Å². The normalized spacial score (nSPS) is 48.8. The molecule has 1 heterocycles. The van der Waals surface area contributed by atoms with Crippen LogP contribution in [0.3, 0.4) is 0 Å². The lowest BCUT2D eigenvalue weighted by Gasteiger charge is -2.63. The van der Waals surface area contributed by atoms with E-state index < -0.39 is 11.5 Å². The minimum atomic E-state index is -0.605. The van der Waals surface area contributed by atoms with Crippen LogP contribution in [0.15, 0.2) is 23.3 Å². The van der Waals surface area contributed by atoms with E-state index in [1.807, 2.05) is 13.8 Å². The summed E-state index contributed by atoms with van der Waals surface area (Å²) in [4.78, 5) is 25.8. The topological polar surface area (TPSA) is 63.6 Å². The molecule has 5 rings (SSSR count). The summed E-state index contributed by atoms with van der Waals surface area (Å²) >= 11 is 0. The molecular weight excluding hydrogens is 424 g/mol. The van der Waals surface area contributed by atoms with Gasteiger partial charge in [-0.1, -0.05) is 57.9 Å². The van der Waals surface area contributed by atoms with E-state index in [0.717, 1.165) is 38.5 Å². The number of Topliss-reactive ketones (excluding diaryl/α,β-unsaturated/α-hetero) is 1. The van der Waals surface area contributed by atoms with Crippen molar-refractivity contribution in [2.45, 2.75) is 106 Å². The molecule has 0 bridgehead atoms. The molecule has 0 unspecified atom stereocenters. The summed E-state index contributed by atoms with van der Waals surface area (Å²) < 4.78 is 6.07. The van der Waals surface area contributed by atoms with Gasteiger partial charge in [-0.05, 0) is 74.5 Å². The summed E-state index contributed by atoms with van der Waals surface area (Å²) in [5, 5.41) is 11.5. The molecule has 0 spiro atoms. The van der Waals surface area contributed by atoms with Crippen molar-refractivity contribution >= 4 is 11.8 Å². The fourth-order valence-electron chi connectivity index (χ4n) is 9.80. The second-order valence-electron chi connectivity index (χ2n) is 13.8. The smallest absolute Gasteiger partial charge is 0.309 e. The SMILES string of the molecule is CC(C)=CCC[C@H]1C(=O)O[C@H]2C[C@]3(C)C4=C[C@H](O)[C@H]5C(C)(C)C(=O)CC[C@]5(C)[C@H]4CC[C@@]3(C)[C@@H]21. The van der Waals surface area contributed by atoms with Crippen LogP contribution >= 0.6 is 0 Å². The predicted molar refractivity (Wildman–Crippen MR) is 133 cm³/mol. The van der Waals surface area contributed by atoms with E-state index in [2.05, 4.69) is 46.8 Å². The molecule has 188 valence electrons. The van der Waals surface area contributed by atoms with Crippen molar-refractivity contribution in [1.29, 1.82) is 0 Å². The van der Waals surface area contributed by atoms with Crippen LogP contribution in [0.1, 0.15) is 93.4 Å². The Morgan fingerprint density at radius 2 is 1.85 bits per heavy atom. The third-order valence-electron chi connectivity index (χ3n) is 11.6. The molecule has 0 aromatic carbocycles. The van der Waals surface area contributed by atoms with Crippen LogP contribution in [0.2, 0.25) is 0 Å². The molecule has 1 saturated heterocycles. The average Bonchev–Trinajstić information content (AvgIpc) is 3.15. The molecule has 4 nitrogen and oxygen atoms in total. The molecule has 5 aliphatic rings. The van der Waals surface area contributed by atoms with Crippen molar-refractivity contribution in [3.8, 4) is 0 Å². The number of esters is 1. The second-order valence-corrected chi connectivity index (χ2v) is 13.8. The number of ether oxygens (including phenoxy) is 1. The summed E-state index contributed by atoms with van der Waals surface area (Å²) in [6.45, 7) is 15.4. The highest BCUT2D eigenvalue weighted by atomic mass is 16.6. The Kier molecular flexibility index (Phi) is 5.39. The molecule has 0 aromatic rings. The summed E-state index contributed by atoms with van der Waals surface area (Å²) in [7, 11) is 0. The first kappa shape index (κ1) is 24.3. The van der Waals surface area contributed by atoms with Gasteiger partial charge in [-0.3, -0.25) is 9.59 Å². The fourth-order valence-corrected chi connectivity index (χ4v) is 9.80. The lowest BCUT2D eigenvalue weighted by Crippen LogP contribution is -2.61. The molecule has 1 aliphatic heterocycles. The number of aliphatic hydroxyl groups is 1. The van der Waals surface area contributed by atoms with E-state index in [1.165, 1.54) is 11.1 Å². The predicted octanol–water partition coefficient (Wildman–Crippen LogP) is 6.03. The van der Waals surface area contributed by atoms with E-state index >= 15 is 0 Å². The van der Waals surface area contributed by atoms with Crippen LogP contribution < -0.4 is 0 Å². The number of carbonyl (C=O) groups is 2. The zero-order valence-electron chi connectivity index (χ0n) is 22.2. The Balaban J connectivity index is 1.53. The third-order valence-corrected chi connectivity index (χ3v) is 11.6. The minimum Gasteiger partial charge on any atom is -0.462 e. The summed E-state index contributed by atoms with van der Waals surface area (Å²) in [6.07, 6.45) is 10.0. The van der Waals surface area contributed by atoms with Gasteiger partial charge in [0.2, 0.25) is 0 Å². The van der Waals surface area contributed by atoms with Gasteiger partial charge in [0, 0.05) is 23.7 Å². The summed E-state index contributed by atoms with van der Waals surface area (Å²) in [5.41, 5.74) is 1.98. The lowest BCUT2D eigenvalue weighted by molar-refractivity contribution is -0.157. The summed E-state index contributed by atoms with van der Waals surface area (Å²) in [6, 6.07) is 0. The minimum absolute atomic E-state index is 0.000202. The monoisotopic (exact) mass is 468 g/mol. The maximum absolute atomic E-state index is 12.9. The number of carbonyl (C=O) groups excluding carboxylic acids is 2. The number of rotatable bonds is 3. The second kappa shape index (κ2) is 7.54. The number of fused-ring (bicyclic) bond motifs is 7. The Bertz CT molecular complexity index is 970. The van der Waals surface area contributed by atoms with Gasteiger partial charge in [-0.25, -0.2) is 0 Å². The van der Waals surface area contributed by atoms with Gasteiger partial charge in [0.1, 0.15) is 11.9 Å². The molecule has 3 saturated carbocycles. The first-order valence-corrected chi connectivity index (χ1v) is 13.5. The fraction of sp³-hybridized carbons (Fsp3) is 0.800. The average molecular weight is 469 g/mol. The van der Waals surface area contributed by atoms with Gasteiger partial charge in [0.05, 0.1) is 12.0 Å². The van der Waals surface area contributed by atoms with Crippen molar-refractivity contribution in [2.75, 3.05) is 0 Å². The van der Waals surface area contributed by atoms with Gasteiger partial charge in [-0.15, -0.1) is 0 Å². The van der Waals surface area contributed by atoms with Crippen LogP contribution in [0.4, 0.5) is 0 Å². The van der Waals surface area contributed by atoms with Crippen LogP contribution in [0, 0.1) is 45.3 Å². The highest BCUT2D eigenvalue weighted by Crippen LogP contribution is 2.74. The molecule has 0 amide bonds. The quantitative estimate of drug-likeness (QED) is 0.406. The number of allylic oxidation sites excluding steroid dienone is 3. The van der Waals surface area contributed by atoms with Crippen molar-refractivity contribution < 1.29 is 19.4 Å². The van der Waals surface area contributed by atoms with E-state index in [9.17, 15) is 14.7 Å². The highest BCUT2D eigenvalue weighted by molar-refractivity contribution is 5.85. The molecule has 4 fully saturated rings. The zero-order valence-corrected chi connectivity index (χ0v) is 22.2. The number of ketones is 1. The van der Waals surface area contributed by atoms with Crippen molar-refractivity contribution in [3.63, 3.8) is 0 Å². The molecule has 4 heteroatoms. The third kappa shape index (κ3) is 2.99. The van der Waals surface area contributed by atoms with E-state index in [4.69, 9.17) is 4.74 Å². The van der Waals surface area contributed by atoms with Gasteiger partial charge in [-0.2, -0.15) is 0 Å². The van der Waals surface area contributed by atoms with Crippen LogP contribution in [-0.2, 0) is 14.3 Å². The first-order valence-electron chi connectivity index (χ1n) is 13.5. The molecule has 9 atom stereocenters. The van der Waals surface area contributed by atoms with E-state index in [1.54, 1.807) is 0 Å². The summed E-state index contributed by atoms with van der Waals surface area (Å²) in [5.74, 6) is 0.833. The highest BCUT2D eigenvalue weighted by Gasteiger charge is 2.71. The van der Waals surface area contributed by atoms with E-state index in [-0.39, 0.29) is 46.1 Å². The lowest BCUT2D eigenvalue weighted by atomic mass is 9.40. The van der Waals surface area contributed by atoms with Gasteiger partial charge < -0.3 is 9.84 Å².